The van der Waals surface area contributed by atoms with E-state index in [-0.39, 0.29) is 28.9 Å². The number of pyridine rings is 1. The van der Waals surface area contributed by atoms with Gasteiger partial charge in [0.25, 0.3) is 15.9 Å². The fraction of sp³-hybridized carbons (Fsp3) is 0.162. The second kappa shape index (κ2) is 14.6. The zero-order valence-electron chi connectivity index (χ0n) is 27.5. The number of para-hydroxylation sites is 1. The molecule has 0 aliphatic heterocycles. The first-order chi connectivity index (χ1) is 24.2. The van der Waals surface area contributed by atoms with Gasteiger partial charge in [0.1, 0.15) is 23.1 Å². The van der Waals surface area contributed by atoms with Gasteiger partial charge in [-0.1, -0.05) is 43.3 Å². The SMILES string of the molecule is CCCOC(=O)CN(c1ccc2c(c1)nc(CNc1ccc(C(=N)NC(=O)c3ccccc3)cc1)n2C)S(=O)(=O)c1cccc2cccnc12. The van der Waals surface area contributed by atoms with E-state index in [2.05, 4.69) is 15.6 Å². The van der Waals surface area contributed by atoms with Crippen LogP contribution in [0.2, 0.25) is 0 Å². The van der Waals surface area contributed by atoms with Gasteiger partial charge >= 0.3 is 5.97 Å². The molecule has 0 aliphatic carbocycles. The highest BCUT2D eigenvalue weighted by Crippen LogP contribution is 2.30. The molecule has 0 fully saturated rings. The Bertz CT molecular complexity index is 2300. The van der Waals surface area contributed by atoms with Crippen LogP contribution in [-0.4, -0.2) is 53.8 Å². The van der Waals surface area contributed by atoms with Crippen LogP contribution in [0.1, 0.15) is 35.1 Å². The van der Waals surface area contributed by atoms with Crippen molar-refractivity contribution in [2.24, 2.45) is 7.05 Å². The third-order valence-electron chi connectivity index (χ3n) is 8.05. The van der Waals surface area contributed by atoms with Gasteiger partial charge in [0.15, 0.2) is 0 Å². The zero-order chi connectivity index (χ0) is 35.3. The Hall–Kier alpha value is -6.08. The number of amidine groups is 1. The van der Waals surface area contributed by atoms with E-state index in [1.165, 1.54) is 12.3 Å². The number of nitrogens with one attached hydrogen (secondary N) is 3. The summed E-state index contributed by atoms with van der Waals surface area (Å²) in [5, 5.41) is 14.9. The summed E-state index contributed by atoms with van der Waals surface area (Å²) < 4.78 is 36.7. The molecule has 254 valence electrons. The van der Waals surface area contributed by atoms with Crippen LogP contribution in [0.5, 0.6) is 0 Å². The number of hydrogen-bond donors (Lipinski definition) is 3. The minimum absolute atomic E-state index is 0.0112. The quantitative estimate of drug-likeness (QED) is 0.0846. The molecule has 0 saturated heterocycles. The van der Waals surface area contributed by atoms with Crippen molar-refractivity contribution in [1.29, 1.82) is 5.41 Å². The molecule has 50 heavy (non-hydrogen) atoms. The van der Waals surface area contributed by atoms with Crippen LogP contribution < -0.4 is 14.9 Å². The normalized spacial score (nSPS) is 11.3. The molecule has 0 bridgehead atoms. The lowest BCUT2D eigenvalue weighted by atomic mass is 10.1. The van der Waals surface area contributed by atoms with E-state index in [0.29, 0.717) is 46.3 Å². The number of ether oxygens (including phenoxy) is 1. The van der Waals surface area contributed by atoms with Crippen molar-refractivity contribution in [3.05, 3.63) is 126 Å². The highest BCUT2D eigenvalue weighted by atomic mass is 32.2. The van der Waals surface area contributed by atoms with Crippen molar-refractivity contribution < 1.29 is 22.7 Å². The third kappa shape index (κ3) is 7.17. The van der Waals surface area contributed by atoms with Crippen LogP contribution in [-0.2, 0) is 33.1 Å². The third-order valence-corrected chi connectivity index (χ3v) is 9.85. The largest absolute Gasteiger partial charge is 0.464 e. The second-order valence-electron chi connectivity index (χ2n) is 11.4. The van der Waals surface area contributed by atoms with Crippen molar-refractivity contribution in [1.82, 2.24) is 19.9 Å². The van der Waals surface area contributed by atoms with Gasteiger partial charge in [0.05, 0.1) is 35.4 Å². The number of esters is 1. The molecule has 0 saturated carbocycles. The van der Waals surface area contributed by atoms with Crippen molar-refractivity contribution in [2.75, 3.05) is 22.8 Å². The van der Waals surface area contributed by atoms with Gasteiger partial charge in [0, 0.05) is 35.4 Å². The average molecular weight is 690 g/mol. The number of fused-ring (bicyclic) bond motifs is 2. The maximum Gasteiger partial charge on any atom is 0.326 e. The number of amides is 1. The molecule has 6 aromatic rings. The van der Waals surface area contributed by atoms with E-state index < -0.39 is 22.5 Å². The highest BCUT2D eigenvalue weighted by Gasteiger charge is 2.30. The molecule has 2 aromatic heterocycles. The van der Waals surface area contributed by atoms with Crippen LogP contribution >= 0.6 is 0 Å². The number of hydrogen-bond acceptors (Lipinski definition) is 9. The summed E-state index contributed by atoms with van der Waals surface area (Å²) >= 11 is 0. The van der Waals surface area contributed by atoms with Crippen LogP contribution in [0, 0.1) is 5.41 Å². The molecule has 6 rings (SSSR count). The minimum Gasteiger partial charge on any atom is -0.464 e. The number of benzene rings is 4. The van der Waals surface area contributed by atoms with E-state index >= 15 is 0 Å². The van der Waals surface area contributed by atoms with Gasteiger partial charge in [-0.25, -0.2) is 13.4 Å². The topological polar surface area (TPSA) is 159 Å². The Morgan fingerprint density at radius 1 is 0.920 bits per heavy atom. The Labute approximate surface area is 289 Å². The molecule has 3 N–H and O–H groups in total. The van der Waals surface area contributed by atoms with Crippen LogP contribution in [0.4, 0.5) is 11.4 Å². The Kier molecular flexibility index (Phi) is 9.86. The number of rotatable bonds is 12. The van der Waals surface area contributed by atoms with Crippen molar-refractivity contribution >= 4 is 61.0 Å². The second-order valence-corrected chi connectivity index (χ2v) is 13.3. The lowest BCUT2D eigenvalue weighted by Gasteiger charge is -2.24. The monoisotopic (exact) mass is 689 g/mol. The average Bonchev–Trinajstić information content (AvgIpc) is 3.46. The summed E-state index contributed by atoms with van der Waals surface area (Å²) in [4.78, 5) is 34.4. The van der Waals surface area contributed by atoms with E-state index in [0.717, 1.165) is 15.5 Å². The van der Waals surface area contributed by atoms with Gasteiger partial charge in [-0.3, -0.25) is 24.3 Å². The molecule has 0 radical (unpaired) electrons. The maximum absolute atomic E-state index is 14.2. The number of aryl methyl sites for hydroxylation is 1. The molecular weight excluding hydrogens is 655 g/mol. The Balaban J connectivity index is 1.22. The highest BCUT2D eigenvalue weighted by molar-refractivity contribution is 7.93. The van der Waals surface area contributed by atoms with Gasteiger partial charge in [-0.05, 0) is 73.2 Å². The first-order valence-corrected chi connectivity index (χ1v) is 17.4. The van der Waals surface area contributed by atoms with Gasteiger partial charge in [0.2, 0.25) is 0 Å². The van der Waals surface area contributed by atoms with E-state index in [4.69, 9.17) is 15.1 Å². The molecule has 4 aromatic carbocycles. The van der Waals surface area contributed by atoms with Crippen molar-refractivity contribution in [3.8, 4) is 0 Å². The van der Waals surface area contributed by atoms with E-state index in [1.807, 2.05) is 36.7 Å². The zero-order valence-corrected chi connectivity index (χ0v) is 28.3. The molecule has 0 unspecified atom stereocenters. The number of carbonyl (C=O) groups is 2. The number of carbonyl (C=O) groups excluding carboxylic acids is 2. The summed E-state index contributed by atoms with van der Waals surface area (Å²) in [6, 6.07) is 29.3. The fourth-order valence-corrected chi connectivity index (χ4v) is 7.00. The summed E-state index contributed by atoms with van der Waals surface area (Å²) in [5.74, 6) is -0.359. The van der Waals surface area contributed by atoms with Gasteiger partial charge < -0.3 is 19.9 Å². The molecule has 0 atom stereocenters. The Morgan fingerprint density at radius 3 is 2.44 bits per heavy atom. The van der Waals surface area contributed by atoms with Crippen molar-refractivity contribution in [3.63, 3.8) is 0 Å². The number of nitrogens with zero attached hydrogens (tertiary/aromatic N) is 4. The van der Waals surface area contributed by atoms with Crippen LogP contribution in [0.25, 0.3) is 21.9 Å². The lowest BCUT2D eigenvalue weighted by molar-refractivity contribution is -0.141. The molecule has 13 heteroatoms. The summed E-state index contributed by atoms with van der Waals surface area (Å²) in [5.41, 5.74) is 3.66. The lowest BCUT2D eigenvalue weighted by Crippen LogP contribution is -2.36. The predicted octanol–water partition coefficient (Wildman–Crippen LogP) is 5.64. The molecule has 1 amide bonds. The number of imidazole rings is 1. The smallest absolute Gasteiger partial charge is 0.326 e. The van der Waals surface area contributed by atoms with Gasteiger partial charge in [-0.2, -0.15) is 0 Å². The molecule has 0 spiro atoms. The first kappa shape index (κ1) is 33.8. The molecular formula is C37H35N7O5S. The number of anilines is 2. The molecule has 0 aliphatic rings. The number of aromatic nitrogens is 3. The maximum atomic E-state index is 14.2. The Morgan fingerprint density at radius 2 is 1.68 bits per heavy atom. The number of sulfonamides is 1. The summed E-state index contributed by atoms with van der Waals surface area (Å²) in [6.07, 6.45) is 2.13. The summed E-state index contributed by atoms with van der Waals surface area (Å²) in [7, 11) is -2.40. The van der Waals surface area contributed by atoms with Crippen LogP contribution in [0.3, 0.4) is 0 Å². The van der Waals surface area contributed by atoms with E-state index in [1.54, 1.807) is 78.9 Å². The fourth-order valence-electron chi connectivity index (χ4n) is 5.43. The van der Waals surface area contributed by atoms with Crippen molar-refractivity contribution in [2.45, 2.75) is 24.8 Å². The predicted molar refractivity (Wildman–Crippen MR) is 193 cm³/mol. The first-order valence-electron chi connectivity index (χ1n) is 15.9. The van der Waals surface area contributed by atoms with Gasteiger partial charge in [-0.15, -0.1) is 0 Å². The van der Waals surface area contributed by atoms with Crippen LogP contribution in [0.15, 0.2) is 114 Å². The minimum atomic E-state index is -4.26. The summed E-state index contributed by atoms with van der Waals surface area (Å²) in [6.45, 7) is 1.85. The molecule has 2 heterocycles. The standard InChI is InChI=1S/C37H35N7O5S/c1-3-21-49-34(45)24-44(50(47,48)32-13-7-11-25-12-8-20-39-35(25)32)29-18-19-31-30(22-29)41-33(43(31)2)23-40-28-16-14-26(15-17-28)36(38)42-37(46)27-9-5-4-6-10-27/h4-20,22,40H,3,21,23-24H2,1-2H3,(H2,38,42,46). The molecule has 12 nitrogen and oxygen atoms in total. The van der Waals surface area contributed by atoms with E-state index in [9.17, 15) is 18.0 Å².